The minimum absolute atomic E-state index is 0.184. The molecule has 0 aliphatic carbocycles. The lowest BCUT2D eigenvalue weighted by Gasteiger charge is -2.11. The maximum absolute atomic E-state index is 12.1. The zero-order chi connectivity index (χ0) is 15.6. The Morgan fingerprint density at radius 2 is 2.05 bits per heavy atom. The number of nitrogens with zero attached hydrogens (tertiary/aromatic N) is 1. The van der Waals surface area contributed by atoms with Crippen LogP contribution in [0, 0.1) is 6.92 Å². The van der Waals surface area contributed by atoms with E-state index in [1.165, 1.54) is 0 Å². The second-order valence-electron chi connectivity index (χ2n) is 4.45. The third-order valence-electron chi connectivity index (χ3n) is 2.84. The van der Waals surface area contributed by atoms with Crippen LogP contribution in [0.15, 0.2) is 24.3 Å². The van der Waals surface area contributed by atoms with Gasteiger partial charge in [-0.2, -0.15) is 0 Å². The molecule has 110 valence electrons. The van der Waals surface area contributed by atoms with Crippen LogP contribution < -0.4 is 5.32 Å². The minimum atomic E-state index is -1.01. The fraction of sp³-hybridized carbons (Fsp3) is 0.214. The molecule has 0 spiro atoms. The molecule has 1 aromatic heterocycles. The molecule has 1 atom stereocenters. The largest absolute Gasteiger partial charge is 0.477 e. The molecule has 1 heterocycles. The number of aryl methyl sites for hydroxylation is 1. The maximum atomic E-state index is 12.1. The highest BCUT2D eigenvalue weighted by molar-refractivity contribution is 7.13. The lowest BCUT2D eigenvalue weighted by Crippen LogP contribution is -2.26. The molecule has 2 N–H and O–H groups in total. The van der Waals surface area contributed by atoms with Gasteiger partial charge in [0.2, 0.25) is 0 Å². The Hall–Kier alpha value is -1.92. The third-order valence-corrected chi connectivity index (χ3v) is 4.50. The summed E-state index contributed by atoms with van der Waals surface area (Å²) in [6.45, 7) is 3.38. The number of thiazole rings is 1. The first kappa shape index (κ1) is 15.5. The molecule has 1 amide bonds. The molecular weight excluding hydrogens is 312 g/mol. The number of carboxylic acid groups (broad SMARTS) is 1. The highest BCUT2D eigenvalue weighted by atomic mass is 35.5. The Morgan fingerprint density at radius 1 is 1.38 bits per heavy atom. The van der Waals surface area contributed by atoms with Gasteiger partial charge in [-0.05, 0) is 26.0 Å². The Labute approximate surface area is 130 Å². The van der Waals surface area contributed by atoms with Gasteiger partial charge in [-0.3, -0.25) is 4.79 Å². The van der Waals surface area contributed by atoms with Gasteiger partial charge in [0, 0.05) is 0 Å². The van der Waals surface area contributed by atoms with Gasteiger partial charge in [-0.25, -0.2) is 9.78 Å². The summed E-state index contributed by atoms with van der Waals surface area (Å²) in [5, 5.41) is 12.7. The monoisotopic (exact) mass is 324 g/mol. The van der Waals surface area contributed by atoms with Gasteiger partial charge in [-0.15, -0.1) is 11.3 Å². The molecule has 2 aromatic rings. The first-order valence-electron chi connectivity index (χ1n) is 6.16. The van der Waals surface area contributed by atoms with Gasteiger partial charge in [0.1, 0.15) is 9.88 Å². The van der Waals surface area contributed by atoms with E-state index >= 15 is 0 Å². The number of carboxylic acids is 1. The van der Waals surface area contributed by atoms with Crippen LogP contribution in [0.1, 0.15) is 43.7 Å². The van der Waals surface area contributed by atoms with E-state index in [9.17, 15) is 9.59 Å². The topological polar surface area (TPSA) is 79.3 Å². The van der Waals surface area contributed by atoms with Crippen LogP contribution in [0.4, 0.5) is 0 Å². The van der Waals surface area contributed by atoms with Crippen molar-refractivity contribution in [2.45, 2.75) is 19.9 Å². The second kappa shape index (κ2) is 6.24. The van der Waals surface area contributed by atoms with E-state index in [0.717, 1.165) is 11.3 Å². The highest BCUT2D eigenvalue weighted by Crippen LogP contribution is 2.24. The summed E-state index contributed by atoms with van der Waals surface area (Å²) in [6.07, 6.45) is 0. The normalized spacial score (nSPS) is 12.0. The zero-order valence-corrected chi connectivity index (χ0v) is 13.0. The van der Waals surface area contributed by atoms with E-state index in [0.29, 0.717) is 21.3 Å². The number of halogens is 1. The predicted molar refractivity (Wildman–Crippen MR) is 81.1 cm³/mol. The van der Waals surface area contributed by atoms with Crippen molar-refractivity contribution in [3.8, 4) is 0 Å². The van der Waals surface area contributed by atoms with E-state index in [2.05, 4.69) is 10.3 Å². The summed E-state index contributed by atoms with van der Waals surface area (Å²) < 4.78 is 0. The molecule has 21 heavy (non-hydrogen) atoms. The van der Waals surface area contributed by atoms with E-state index < -0.39 is 12.0 Å². The molecule has 0 saturated carbocycles. The van der Waals surface area contributed by atoms with Crippen molar-refractivity contribution >= 4 is 34.8 Å². The smallest absolute Gasteiger partial charge is 0.347 e. The van der Waals surface area contributed by atoms with Gasteiger partial charge in [-0.1, -0.05) is 23.7 Å². The molecule has 0 saturated heterocycles. The molecule has 1 aromatic carbocycles. The molecule has 0 bridgehead atoms. The second-order valence-corrected chi connectivity index (χ2v) is 5.88. The van der Waals surface area contributed by atoms with Crippen LogP contribution in [-0.4, -0.2) is 22.0 Å². The van der Waals surface area contributed by atoms with E-state index in [-0.39, 0.29) is 10.8 Å². The van der Waals surface area contributed by atoms with Crippen LogP contribution >= 0.6 is 22.9 Å². The first-order chi connectivity index (χ1) is 9.90. The zero-order valence-electron chi connectivity index (χ0n) is 11.4. The lowest BCUT2D eigenvalue weighted by atomic mass is 10.2. The fourth-order valence-electron chi connectivity index (χ4n) is 1.78. The van der Waals surface area contributed by atoms with Crippen LogP contribution in [0.5, 0.6) is 0 Å². The van der Waals surface area contributed by atoms with Gasteiger partial charge in [0.15, 0.2) is 0 Å². The number of aromatic nitrogens is 1. The van der Waals surface area contributed by atoms with Crippen molar-refractivity contribution < 1.29 is 14.7 Å². The van der Waals surface area contributed by atoms with Gasteiger partial charge in [0.05, 0.1) is 22.3 Å². The number of hydrogen-bond acceptors (Lipinski definition) is 4. The molecule has 0 aliphatic heterocycles. The van der Waals surface area contributed by atoms with Gasteiger partial charge in [0.25, 0.3) is 5.91 Å². The number of benzene rings is 1. The average Bonchev–Trinajstić information content (AvgIpc) is 2.81. The third kappa shape index (κ3) is 3.40. The molecule has 0 unspecified atom stereocenters. The molecule has 0 fully saturated rings. The fourth-order valence-corrected chi connectivity index (χ4v) is 2.91. The van der Waals surface area contributed by atoms with Crippen molar-refractivity contribution in [1.82, 2.24) is 10.3 Å². The Bertz CT molecular complexity index is 699. The quantitative estimate of drug-likeness (QED) is 0.904. The summed E-state index contributed by atoms with van der Waals surface area (Å²) in [5.74, 6) is -1.33. The number of carbonyl (C=O) groups excluding carboxylic acids is 1. The molecule has 0 radical (unpaired) electrons. The summed E-state index contributed by atoms with van der Waals surface area (Å²) in [5.41, 5.74) is 0.819. The molecule has 5 nitrogen and oxygen atoms in total. The highest BCUT2D eigenvalue weighted by Gasteiger charge is 2.20. The van der Waals surface area contributed by atoms with E-state index in [1.54, 1.807) is 38.1 Å². The van der Waals surface area contributed by atoms with Crippen LogP contribution in [0.3, 0.4) is 0 Å². The lowest BCUT2D eigenvalue weighted by molar-refractivity contribution is 0.0701. The van der Waals surface area contributed by atoms with Gasteiger partial charge < -0.3 is 10.4 Å². The van der Waals surface area contributed by atoms with Crippen LogP contribution in [-0.2, 0) is 0 Å². The van der Waals surface area contributed by atoms with Crippen molar-refractivity contribution in [2.24, 2.45) is 0 Å². The maximum Gasteiger partial charge on any atom is 0.347 e. The van der Waals surface area contributed by atoms with Crippen molar-refractivity contribution in [3.05, 3.63) is 50.4 Å². The SMILES string of the molecule is Cc1nc([C@@H](C)NC(=O)c2ccccc2Cl)sc1C(=O)O. The average molecular weight is 325 g/mol. The number of nitrogens with one attached hydrogen (secondary N) is 1. The van der Waals surface area contributed by atoms with Crippen LogP contribution in [0.25, 0.3) is 0 Å². The van der Waals surface area contributed by atoms with Gasteiger partial charge >= 0.3 is 5.97 Å². The summed E-state index contributed by atoms with van der Waals surface area (Å²) in [6, 6.07) is 6.33. The van der Waals surface area contributed by atoms with Crippen molar-refractivity contribution in [2.75, 3.05) is 0 Å². The van der Waals surface area contributed by atoms with E-state index in [4.69, 9.17) is 16.7 Å². The number of amides is 1. The number of rotatable bonds is 4. The summed E-state index contributed by atoms with van der Waals surface area (Å²) >= 11 is 7.03. The first-order valence-corrected chi connectivity index (χ1v) is 7.35. The standard InChI is InChI=1S/C14H13ClN2O3S/c1-7-11(14(19)20)21-13(17-7)8(2)16-12(18)9-5-3-4-6-10(9)15/h3-6,8H,1-2H3,(H,16,18)(H,19,20)/t8-/m1/s1. The molecule has 2 rings (SSSR count). The number of aromatic carboxylic acids is 1. The van der Waals surface area contributed by atoms with Crippen molar-refractivity contribution in [3.63, 3.8) is 0 Å². The molecule has 0 aliphatic rings. The molecule has 7 heteroatoms. The Kier molecular flexibility index (Phi) is 4.59. The minimum Gasteiger partial charge on any atom is -0.477 e. The number of hydrogen-bond donors (Lipinski definition) is 2. The van der Waals surface area contributed by atoms with E-state index in [1.807, 2.05) is 0 Å². The van der Waals surface area contributed by atoms with Crippen molar-refractivity contribution in [1.29, 1.82) is 0 Å². The Morgan fingerprint density at radius 3 is 2.62 bits per heavy atom. The molecular formula is C14H13ClN2O3S. The summed E-state index contributed by atoms with van der Waals surface area (Å²) in [4.78, 5) is 27.5. The Balaban J connectivity index is 2.16. The summed E-state index contributed by atoms with van der Waals surface area (Å²) in [7, 11) is 0. The predicted octanol–water partition coefficient (Wildman–Crippen LogP) is 3.29. The number of carbonyl (C=O) groups is 2. The van der Waals surface area contributed by atoms with Crippen LogP contribution in [0.2, 0.25) is 5.02 Å².